The Kier molecular flexibility index (Phi) is 4.53. The van der Waals surface area contributed by atoms with Gasteiger partial charge in [0.05, 0.1) is 0 Å². The molecule has 0 radical (unpaired) electrons. The van der Waals surface area contributed by atoms with Gasteiger partial charge in [0.15, 0.2) is 5.78 Å². The topological polar surface area (TPSA) is 43.1 Å². The van der Waals surface area contributed by atoms with Crippen molar-refractivity contribution in [2.75, 3.05) is 5.75 Å². The highest BCUT2D eigenvalue weighted by Gasteiger charge is 2.36. The van der Waals surface area contributed by atoms with E-state index < -0.39 is 5.54 Å². The first-order valence-corrected chi connectivity index (χ1v) is 6.51. The number of thioether (sulfide) groups is 1. The van der Waals surface area contributed by atoms with E-state index in [2.05, 4.69) is 0 Å². The molecule has 1 unspecified atom stereocenters. The van der Waals surface area contributed by atoms with Gasteiger partial charge < -0.3 is 5.73 Å². The van der Waals surface area contributed by atoms with Crippen molar-refractivity contribution in [3.63, 3.8) is 0 Å². The molecule has 94 valence electrons. The van der Waals surface area contributed by atoms with Gasteiger partial charge in [-0.2, -0.15) is 0 Å². The zero-order valence-electron chi connectivity index (χ0n) is 9.70. The van der Waals surface area contributed by atoms with Crippen LogP contribution in [0.15, 0.2) is 23.1 Å². The number of ketones is 1. The Morgan fingerprint density at radius 3 is 2.71 bits per heavy atom. The molecule has 1 aromatic carbocycles. The summed E-state index contributed by atoms with van der Waals surface area (Å²) >= 11 is 7.56. The highest BCUT2D eigenvalue weighted by molar-refractivity contribution is 7.99. The van der Waals surface area contributed by atoms with Crippen LogP contribution in [0.1, 0.15) is 24.2 Å². The van der Waals surface area contributed by atoms with Crippen molar-refractivity contribution >= 4 is 41.6 Å². The van der Waals surface area contributed by atoms with Crippen molar-refractivity contribution in [2.45, 2.75) is 24.3 Å². The molecular weight excluding hydrogens is 277 g/mol. The first kappa shape index (κ1) is 14.8. The molecular formula is C12H15Cl2NOS. The largest absolute Gasteiger partial charge is 0.325 e. The maximum Gasteiger partial charge on any atom is 0.169 e. The molecule has 0 fully saturated rings. The molecule has 0 aromatic heterocycles. The number of nitrogens with two attached hydrogens (primary N) is 1. The van der Waals surface area contributed by atoms with Gasteiger partial charge in [0.1, 0.15) is 0 Å². The van der Waals surface area contributed by atoms with E-state index in [0.717, 1.165) is 16.2 Å². The van der Waals surface area contributed by atoms with Gasteiger partial charge in [0.2, 0.25) is 0 Å². The second-order valence-electron chi connectivity index (χ2n) is 4.69. The average molecular weight is 292 g/mol. The summed E-state index contributed by atoms with van der Waals surface area (Å²) in [6.45, 7) is 3.80. The van der Waals surface area contributed by atoms with Gasteiger partial charge in [0.25, 0.3) is 0 Å². The lowest BCUT2D eigenvalue weighted by Crippen LogP contribution is -2.47. The Morgan fingerprint density at radius 1 is 1.47 bits per heavy atom. The Morgan fingerprint density at radius 2 is 2.12 bits per heavy atom. The molecule has 1 aliphatic rings. The van der Waals surface area contributed by atoms with Gasteiger partial charge in [0, 0.05) is 32.7 Å². The van der Waals surface area contributed by atoms with Gasteiger partial charge >= 0.3 is 0 Å². The SMILES string of the molecule is CC(C)(N)C1CSc2cc(Cl)ccc2C1=O.Cl. The molecule has 5 heteroatoms. The van der Waals surface area contributed by atoms with E-state index in [9.17, 15) is 4.79 Å². The average Bonchev–Trinajstić information content (AvgIpc) is 2.15. The Hall–Kier alpha value is -0.220. The van der Waals surface area contributed by atoms with Gasteiger partial charge in [-0.05, 0) is 32.0 Å². The van der Waals surface area contributed by atoms with Crippen molar-refractivity contribution < 1.29 is 4.79 Å². The number of fused-ring (bicyclic) bond motifs is 1. The zero-order valence-corrected chi connectivity index (χ0v) is 12.1. The number of rotatable bonds is 1. The highest BCUT2D eigenvalue weighted by Crippen LogP contribution is 2.37. The van der Waals surface area contributed by atoms with Gasteiger partial charge in [-0.1, -0.05) is 11.6 Å². The molecule has 0 bridgehead atoms. The van der Waals surface area contributed by atoms with Crippen LogP contribution in [0.2, 0.25) is 5.02 Å². The van der Waals surface area contributed by atoms with Crippen LogP contribution >= 0.6 is 35.8 Å². The molecule has 2 nitrogen and oxygen atoms in total. The van der Waals surface area contributed by atoms with Crippen LogP contribution in [-0.2, 0) is 0 Å². The minimum atomic E-state index is -0.471. The summed E-state index contributed by atoms with van der Waals surface area (Å²) in [6.07, 6.45) is 0. The predicted molar refractivity (Wildman–Crippen MR) is 75.5 cm³/mol. The number of benzene rings is 1. The summed E-state index contributed by atoms with van der Waals surface area (Å²) in [5.41, 5.74) is 6.31. The lowest BCUT2D eigenvalue weighted by atomic mass is 9.83. The van der Waals surface area contributed by atoms with E-state index in [4.69, 9.17) is 17.3 Å². The van der Waals surface area contributed by atoms with Crippen LogP contribution in [-0.4, -0.2) is 17.1 Å². The number of hydrogen-bond acceptors (Lipinski definition) is 3. The summed E-state index contributed by atoms with van der Waals surface area (Å²) in [4.78, 5) is 13.2. The van der Waals surface area contributed by atoms with Crippen molar-refractivity contribution in [1.82, 2.24) is 0 Å². The van der Waals surface area contributed by atoms with Crippen LogP contribution in [0.4, 0.5) is 0 Å². The second kappa shape index (κ2) is 5.19. The zero-order chi connectivity index (χ0) is 11.9. The summed E-state index contributed by atoms with van der Waals surface area (Å²) < 4.78 is 0. The van der Waals surface area contributed by atoms with Crippen LogP contribution in [0.5, 0.6) is 0 Å². The molecule has 1 atom stereocenters. The maximum absolute atomic E-state index is 12.2. The summed E-state index contributed by atoms with van der Waals surface area (Å²) in [5.74, 6) is 0.749. The van der Waals surface area contributed by atoms with E-state index >= 15 is 0 Å². The fourth-order valence-corrected chi connectivity index (χ4v) is 3.51. The fraction of sp³-hybridized carbons (Fsp3) is 0.417. The van der Waals surface area contributed by atoms with Crippen molar-refractivity contribution in [2.24, 2.45) is 11.7 Å². The number of halogens is 2. The van der Waals surface area contributed by atoms with Crippen LogP contribution in [0.3, 0.4) is 0 Å². The molecule has 1 aromatic rings. The molecule has 0 saturated carbocycles. The van der Waals surface area contributed by atoms with Gasteiger partial charge in [-0.15, -0.1) is 24.2 Å². The first-order valence-electron chi connectivity index (χ1n) is 5.15. The Balaban J connectivity index is 0.00000144. The normalized spacial score (nSPS) is 19.5. The van der Waals surface area contributed by atoms with E-state index in [1.165, 1.54) is 0 Å². The Labute approximate surface area is 117 Å². The molecule has 2 N–H and O–H groups in total. The van der Waals surface area contributed by atoms with Crippen LogP contribution < -0.4 is 5.73 Å². The second-order valence-corrected chi connectivity index (χ2v) is 6.19. The lowest BCUT2D eigenvalue weighted by molar-refractivity contribution is 0.0881. The molecule has 0 saturated heterocycles. The standard InChI is InChI=1S/C12H14ClNOS.ClH/c1-12(2,14)9-6-16-10-5-7(13)3-4-8(10)11(9)15;/h3-5,9H,6,14H2,1-2H3;1H. The van der Waals surface area contributed by atoms with Crippen molar-refractivity contribution in [3.8, 4) is 0 Å². The van der Waals surface area contributed by atoms with E-state index in [0.29, 0.717) is 5.02 Å². The van der Waals surface area contributed by atoms with Crippen molar-refractivity contribution in [1.29, 1.82) is 0 Å². The maximum atomic E-state index is 12.2. The van der Waals surface area contributed by atoms with Crippen LogP contribution in [0.25, 0.3) is 0 Å². The number of hydrogen-bond donors (Lipinski definition) is 1. The van der Waals surface area contributed by atoms with E-state index in [1.54, 1.807) is 23.9 Å². The first-order chi connectivity index (χ1) is 7.39. The van der Waals surface area contributed by atoms with E-state index in [-0.39, 0.29) is 24.1 Å². The Bertz CT molecular complexity index is 443. The van der Waals surface area contributed by atoms with Crippen LogP contribution in [0, 0.1) is 5.92 Å². The summed E-state index contributed by atoms with van der Waals surface area (Å²) in [6, 6.07) is 5.40. The highest BCUT2D eigenvalue weighted by atomic mass is 35.5. The van der Waals surface area contributed by atoms with Gasteiger partial charge in [-0.3, -0.25) is 4.79 Å². The molecule has 0 amide bonds. The number of Topliss-reactive ketones (excluding diaryl/α,β-unsaturated/α-hetero) is 1. The molecule has 1 heterocycles. The number of carbonyl (C=O) groups excluding carboxylic acids is 1. The van der Waals surface area contributed by atoms with Crippen molar-refractivity contribution in [3.05, 3.63) is 28.8 Å². The minimum absolute atomic E-state index is 0. The fourth-order valence-electron chi connectivity index (χ4n) is 1.81. The third-order valence-corrected chi connectivity index (χ3v) is 4.21. The molecule has 0 spiro atoms. The third-order valence-electron chi connectivity index (χ3n) is 2.83. The monoisotopic (exact) mass is 291 g/mol. The third kappa shape index (κ3) is 2.97. The van der Waals surface area contributed by atoms with E-state index in [1.807, 2.05) is 19.9 Å². The predicted octanol–water partition coefficient (Wildman–Crippen LogP) is 3.40. The molecule has 2 rings (SSSR count). The molecule has 17 heavy (non-hydrogen) atoms. The number of carbonyl (C=O) groups is 1. The molecule has 0 aliphatic carbocycles. The summed E-state index contributed by atoms with van der Waals surface area (Å²) in [7, 11) is 0. The van der Waals surface area contributed by atoms with Gasteiger partial charge in [-0.25, -0.2) is 0 Å². The molecule has 1 aliphatic heterocycles. The minimum Gasteiger partial charge on any atom is -0.325 e. The quantitative estimate of drug-likeness (QED) is 0.862. The lowest BCUT2D eigenvalue weighted by Gasteiger charge is -2.32. The summed E-state index contributed by atoms with van der Waals surface area (Å²) in [5, 5.41) is 0.671. The smallest absolute Gasteiger partial charge is 0.169 e.